The molecule has 2 aromatic carbocycles. The highest BCUT2D eigenvalue weighted by Gasteiger charge is 2.08. The predicted octanol–water partition coefficient (Wildman–Crippen LogP) is 6.10. The van der Waals surface area contributed by atoms with Gasteiger partial charge in [-0.15, -0.1) is 11.3 Å². The maximum absolute atomic E-state index is 13.0. The van der Waals surface area contributed by atoms with Crippen molar-refractivity contribution in [2.75, 3.05) is 12.0 Å². The Labute approximate surface area is 164 Å². The molecule has 0 bridgehead atoms. The zero-order chi connectivity index (χ0) is 18.5. The van der Waals surface area contributed by atoms with E-state index in [4.69, 9.17) is 27.9 Å². The molecule has 0 amide bonds. The minimum atomic E-state index is -0.278. The second-order valence-electron chi connectivity index (χ2n) is 5.16. The van der Waals surface area contributed by atoms with Gasteiger partial charge in [0.1, 0.15) is 5.82 Å². The van der Waals surface area contributed by atoms with Gasteiger partial charge in [-0.1, -0.05) is 23.2 Å². The Bertz CT molecular complexity index is 905. The molecule has 0 atom stereocenters. The van der Waals surface area contributed by atoms with Crippen LogP contribution in [-0.4, -0.2) is 17.8 Å². The van der Waals surface area contributed by atoms with Crippen LogP contribution in [0.2, 0.25) is 10.0 Å². The quantitative estimate of drug-likeness (QED) is 0.395. The van der Waals surface area contributed by atoms with Gasteiger partial charge >= 0.3 is 0 Å². The fourth-order valence-corrected chi connectivity index (χ4v) is 3.46. The molecule has 134 valence electrons. The van der Waals surface area contributed by atoms with E-state index in [0.29, 0.717) is 27.5 Å². The molecular formula is C18H14Cl2FN3OS. The number of hydrogen-bond donors (Lipinski definition) is 1. The van der Waals surface area contributed by atoms with Crippen molar-refractivity contribution < 1.29 is 9.13 Å². The third kappa shape index (κ3) is 4.52. The highest BCUT2D eigenvalue weighted by atomic mass is 35.5. The van der Waals surface area contributed by atoms with Crippen molar-refractivity contribution in [3.63, 3.8) is 0 Å². The minimum Gasteiger partial charge on any atom is -0.491 e. The van der Waals surface area contributed by atoms with E-state index in [2.05, 4.69) is 15.5 Å². The lowest BCUT2D eigenvalue weighted by Crippen LogP contribution is -1.95. The van der Waals surface area contributed by atoms with E-state index in [1.54, 1.807) is 30.5 Å². The fraction of sp³-hybridized carbons (Fsp3) is 0.111. The first kappa shape index (κ1) is 18.6. The molecule has 0 saturated heterocycles. The lowest BCUT2D eigenvalue weighted by molar-refractivity contribution is 0.340. The van der Waals surface area contributed by atoms with Gasteiger partial charge in [-0.2, -0.15) is 5.10 Å². The van der Waals surface area contributed by atoms with Gasteiger partial charge in [0, 0.05) is 10.9 Å². The number of rotatable bonds is 6. The molecule has 0 aliphatic rings. The summed E-state index contributed by atoms with van der Waals surface area (Å²) in [7, 11) is 0. The van der Waals surface area contributed by atoms with Gasteiger partial charge in [-0.3, -0.25) is 5.43 Å². The number of anilines is 1. The monoisotopic (exact) mass is 409 g/mol. The van der Waals surface area contributed by atoms with Gasteiger partial charge in [0.25, 0.3) is 0 Å². The summed E-state index contributed by atoms with van der Waals surface area (Å²) in [6, 6.07) is 9.60. The molecule has 3 aromatic rings. The van der Waals surface area contributed by atoms with Crippen molar-refractivity contribution in [3.05, 3.63) is 63.2 Å². The Morgan fingerprint density at radius 3 is 2.58 bits per heavy atom. The zero-order valence-corrected chi connectivity index (χ0v) is 16.0. The SMILES string of the molecule is CCOc1c(Cl)cc(/C=N\Nc2nc(-c3ccc(F)cc3)cs2)cc1Cl. The van der Waals surface area contributed by atoms with Crippen molar-refractivity contribution in [2.45, 2.75) is 6.92 Å². The average Bonchev–Trinajstić information content (AvgIpc) is 3.08. The lowest BCUT2D eigenvalue weighted by atomic mass is 10.2. The Hall–Kier alpha value is -2.15. The molecule has 26 heavy (non-hydrogen) atoms. The van der Waals surface area contributed by atoms with Gasteiger partial charge in [-0.05, 0) is 48.9 Å². The maximum Gasteiger partial charge on any atom is 0.203 e. The topological polar surface area (TPSA) is 46.5 Å². The van der Waals surface area contributed by atoms with Gasteiger partial charge in [0.05, 0.1) is 28.6 Å². The fourth-order valence-electron chi connectivity index (χ4n) is 2.18. The van der Waals surface area contributed by atoms with Gasteiger partial charge in [-0.25, -0.2) is 9.37 Å². The zero-order valence-electron chi connectivity index (χ0n) is 13.7. The molecule has 8 heteroatoms. The van der Waals surface area contributed by atoms with Crippen molar-refractivity contribution in [2.24, 2.45) is 5.10 Å². The van der Waals surface area contributed by atoms with Crippen molar-refractivity contribution >= 4 is 45.9 Å². The molecule has 1 N–H and O–H groups in total. The summed E-state index contributed by atoms with van der Waals surface area (Å²) < 4.78 is 18.4. The summed E-state index contributed by atoms with van der Waals surface area (Å²) in [6.45, 7) is 2.34. The van der Waals surface area contributed by atoms with Crippen LogP contribution in [0.5, 0.6) is 5.75 Å². The smallest absolute Gasteiger partial charge is 0.203 e. The van der Waals surface area contributed by atoms with Gasteiger partial charge < -0.3 is 4.74 Å². The summed E-state index contributed by atoms with van der Waals surface area (Å²) in [5.41, 5.74) is 5.17. The number of nitrogens with one attached hydrogen (secondary N) is 1. The van der Waals surface area contributed by atoms with E-state index in [0.717, 1.165) is 16.8 Å². The maximum atomic E-state index is 13.0. The van der Waals surface area contributed by atoms with Crippen LogP contribution in [0.3, 0.4) is 0 Å². The third-order valence-corrected chi connectivity index (χ3v) is 4.64. The molecule has 0 saturated carbocycles. The van der Waals surface area contributed by atoms with E-state index < -0.39 is 0 Å². The molecule has 1 heterocycles. The number of aromatic nitrogens is 1. The van der Waals surface area contributed by atoms with E-state index in [1.807, 2.05) is 12.3 Å². The summed E-state index contributed by atoms with van der Waals surface area (Å²) in [5.74, 6) is 0.185. The van der Waals surface area contributed by atoms with E-state index in [1.165, 1.54) is 23.5 Å². The summed E-state index contributed by atoms with van der Waals surface area (Å²) in [5, 5.41) is 7.48. The number of halogens is 3. The molecule has 4 nitrogen and oxygen atoms in total. The Morgan fingerprint density at radius 2 is 1.92 bits per heavy atom. The Kier molecular flexibility index (Phi) is 6.08. The lowest BCUT2D eigenvalue weighted by Gasteiger charge is -2.08. The van der Waals surface area contributed by atoms with Crippen LogP contribution in [-0.2, 0) is 0 Å². The molecule has 0 fully saturated rings. The largest absolute Gasteiger partial charge is 0.491 e. The third-order valence-electron chi connectivity index (χ3n) is 3.33. The predicted molar refractivity (Wildman–Crippen MR) is 106 cm³/mol. The summed E-state index contributed by atoms with van der Waals surface area (Å²) in [6.07, 6.45) is 1.59. The molecule has 1 aromatic heterocycles. The molecule has 3 rings (SSSR count). The van der Waals surface area contributed by atoms with Crippen molar-refractivity contribution in [3.8, 4) is 17.0 Å². The first-order chi connectivity index (χ1) is 12.6. The first-order valence-corrected chi connectivity index (χ1v) is 9.32. The summed E-state index contributed by atoms with van der Waals surface area (Å²) in [4.78, 5) is 4.41. The van der Waals surface area contributed by atoms with Crippen LogP contribution >= 0.6 is 34.5 Å². The molecule has 0 spiro atoms. The molecule has 0 unspecified atom stereocenters. The van der Waals surface area contributed by atoms with Crippen LogP contribution in [0.15, 0.2) is 46.9 Å². The minimum absolute atomic E-state index is 0.278. The number of ether oxygens (including phenoxy) is 1. The molecule has 0 aliphatic heterocycles. The van der Waals surface area contributed by atoms with E-state index in [9.17, 15) is 4.39 Å². The molecule has 0 aliphatic carbocycles. The number of benzene rings is 2. The number of hydrogen-bond acceptors (Lipinski definition) is 5. The molecule has 0 radical (unpaired) electrons. The Balaban J connectivity index is 1.68. The highest BCUT2D eigenvalue weighted by Crippen LogP contribution is 2.33. The number of thiazole rings is 1. The standard InChI is InChI=1S/C18H14Cl2FN3OS/c1-2-25-17-14(19)7-11(8-15(17)20)9-22-24-18-23-16(10-26-18)12-3-5-13(21)6-4-12/h3-10H,2H2,1H3,(H,23,24)/b22-9-. The molecular weight excluding hydrogens is 396 g/mol. The Morgan fingerprint density at radius 1 is 1.23 bits per heavy atom. The van der Waals surface area contributed by atoms with Crippen molar-refractivity contribution in [1.82, 2.24) is 4.98 Å². The van der Waals surface area contributed by atoms with E-state index in [-0.39, 0.29) is 5.82 Å². The van der Waals surface area contributed by atoms with Crippen molar-refractivity contribution in [1.29, 1.82) is 0 Å². The number of hydrazone groups is 1. The van der Waals surface area contributed by atoms with E-state index >= 15 is 0 Å². The van der Waals surface area contributed by atoms with Crippen LogP contribution < -0.4 is 10.2 Å². The van der Waals surface area contributed by atoms with Crippen LogP contribution in [0, 0.1) is 5.82 Å². The van der Waals surface area contributed by atoms with Gasteiger partial charge in [0.15, 0.2) is 5.75 Å². The van der Waals surface area contributed by atoms with Crippen LogP contribution in [0.25, 0.3) is 11.3 Å². The average molecular weight is 410 g/mol. The highest BCUT2D eigenvalue weighted by molar-refractivity contribution is 7.14. The van der Waals surface area contributed by atoms with Crippen LogP contribution in [0.1, 0.15) is 12.5 Å². The second-order valence-corrected chi connectivity index (χ2v) is 6.83. The number of nitrogens with zero attached hydrogens (tertiary/aromatic N) is 2. The van der Waals surface area contributed by atoms with Gasteiger partial charge in [0.2, 0.25) is 5.13 Å². The van der Waals surface area contributed by atoms with Crippen LogP contribution in [0.4, 0.5) is 9.52 Å². The summed E-state index contributed by atoms with van der Waals surface area (Å²) >= 11 is 13.7. The second kappa shape index (κ2) is 8.49. The first-order valence-electron chi connectivity index (χ1n) is 7.69. The normalized spacial score (nSPS) is 11.1.